The van der Waals surface area contributed by atoms with Crippen LogP contribution < -0.4 is 4.74 Å². The molecule has 3 heterocycles. The summed E-state index contributed by atoms with van der Waals surface area (Å²) in [5.41, 5.74) is 4.62. The van der Waals surface area contributed by atoms with E-state index in [0.29, 0.717) is 6.61 Å². The number of carbonyl (C=O) groups excluding carboxylic acids is 1. The van der Waals surface area contributed by atoms with Gasteiger partial charge in [-0.2, -0.15) is 0 Å². The van der Waals surface area contributed by atoms with Gasteiger partial charge in [0.1, 0.15) is 18.0 Å². The molecule has 166 valence electrons. The number of benzene rings is 2. The number of rotatable bonds is 4. The molecule has 5 rings (SSSR count). The van der Waals surface area contributed by atoms with Crippen molar-refractivity contribution in [3.63, 3.8) is 0 Å². The number of hydrogen-bond acceptors (Lipinski definition) is 4. The molecule has 0 bridgehead atoms. The topological polar surface area (TPSA) is 51.7 Å². The normalized spacial score (nSPS) is 19.4. The van der Waals surface area contributed by atoms with E-state index in [9.17, 15) is 4.79 Å². The van der Waals surface area contributed by atoms with E-state index in [0.717, 1.165) is 50.2 Å². The van der Waals surface area contributed by atoms with Crippen molar-refractivity contribution < 1.29 is 14.3 Å². The predicted octanol–water partition coefficient (Wildman–Crippen LogP) is 5.07. The molecule has 0 spiro atoms. The third-order valence-corrected chi connectivity index (χ3v) is 6.74. The van der Waals surface area contributed by atoms with Crippen molar-refractivity contribution in [2.24, 2.45) is 0 Å². The summed E-state index contributed by atoms with van der Waals surface area (Å²) in [5, 5.41) is 2.46. The third kappa shape index (κ3) is 4.22. The minimum Gasteiger partial charge on any atom is -0.490 e. The molecule has 0 aliphatic carbocycles. The van der Waals surface area contributed by atoms with Crippen molar-refractivity contribution >= 4 is 16.7 Å². The Bertz CT molecular complexity index is 1110. The van der Waals surface area contributed by atoms with Crippen LogP contribution in [0.2, 0.25) is 0 Å². The van der Waals surface area contributed by atoms with E-state index in [1.807, 2.05) is 23.2 Å². The van der Waals surface area contributed by atoms with Crippen molar-refractivity contribution in [2.45, 2.75) is 51.7 Å². The van der Waals surface area contributed by atoms with Gasteiger partial charge >= 0.3 is 0 Å². The molecule has 1 aromatic heterocycles. The molecule has 32 heavy (non-hydrogen) atoms. The van der Waals surface area contributed by atoms with Crippen LogP contribution >= 0.6 is 0 Å². The van der Waals surface area contributed by atoms with Gasteiger partial charge in [0.2, 0.25) is 0 Å². The predicted molar refractivity (Wildman–Crippen MR) is 126 cm³/mol. The largest absolute Gasteiger partial charge is 0.490 e. The van der Waals surface area contributed by atoms with Gasteiger partial charge in [0, 0.05) is 49.8 Å². The summed E-state index contributed by atoms with van der Waals surface area (Å²) in [4.78, 5) is 18.9. The molecule has 0 N–H and O–H groups in total. The first-order valence-corrected chi connectivity index (χ1v) is 11.6. The zero-order valence-corrected chi connectivity index (χ0v) is 18.8. The van der Waals surface area contributed by atoms with E-state index in [1.54, 1.807) is 0 Å². The Balaban J connectivity index is 1.22. The van der Waals surface area contributed by atoms with Crippen LogP contribution in [-0.2, 0) is 9.53 Å². The number of fused-ring (bicyclic) bond motifs is 1. The molecule has 2 saturated heterocycles. The number of amides is 1. The molecule has 2 aromatic carbocycles. The van der Waals surface area contributed by atoms with Crippen LogP contribution in [0.1, 0.15) is 36.9 Å². The van der Waals surface area contributed by atoms with Crippen molar-refractivity contribution in [3.05, 3.63) is 59.9 Å². The smallest absolute Gasteiger partial charge is 0.251 e. The molecule has 5 nitrogen and oxygen atoms in total. The van der Waals surface area contributed by atoms with Crippen LogP contribution in [0.5, 0.6) is 5.75 Å². The molecule has 0 saturated carbocycles. The van der Waals surface area contributed by atoms with Crippen LogP contribution in [-0.4, -0.2) is 47.7 Å². The lowest BCUT2D eigenvalue weighted by Gasteiger charge is -2.33. The number of nitrogens with zero attached hydrogens (tertiary/aromatic N) is 2. The average molecular weight is 431 g/mol. The molecule has 1 atom stereocenters. The van der Waals surface area contributed by atoms with Crippen molar-refractivity contribution in [3.8, 4) is 16.9 Å². The summed E-state index contributed by atoms with van der Waals surface area (Å²) in [6.07, 6.45) is 5.43. The van der Waals surface area contributed by atoms with Gasteiger partial charge in [0.25, 0.3) is 5.91 Å². The number of ether oxygens (including phenoxy) is 2. The molecule has 2 aliphatic heterocycles. The van der Waals surface area contributed by atoms with Crippen LogP contribution in [0.25, 0.3) is 21.9 Å². The van der Waals surface area contributed by atoms with Crippen molar-refractivity contribution in [1.82, 2.24) is 9.88 Å². The minimum atomic E-state index is -0.223. The van der Waals surface area contributed by atoms with Crippen LogP contribution in [0.15, 0.2) is 48.7 Å². The van der Waals surface area contributed by atoms with E-state index >= 15 is 0 Å². The van der Waals surface area contributed by atoms with Gasteiger partial charge in [-0.05, 0) is 67.0 Å². The van der Waals surface area contributed by atoms with E-state index in [4.69, 9.17) is 9.47 Å². The van der Waals surface area contributed by atoms with E-state index in [2.05, 4.69) is 49.2 Å². The molecule has 3 aromatic rings. The Morgan fingerprint density at radius 3 is 2.47 bits per heavy atom. The Labute approximate surface area is 189 Å². The summed E-state index contributed by atoms with van der Waals surface area (Å²) in [6.45, 7) is 6.35. The zero-order chi connectivity index (χ0) is 22.1. The maximum atomic E-state index is 12.5. The second-order valence-electron chi connectivity index (χ2n) is 8.96. The molecule has 1 amide bonds. The van der Waals surface area contributed by atoms with Crippen molar-refractivity contribution in [1.29, 1.82) is 0 Å². The monoisotopic (exact) mass is 430 g/mol. The summed E-state index contributed by atoms with van der Waals surface area (Å²) in [5.74, 6) is 1.04. The van der Waals surface area contributed by atoms with Crippen molar-refractivity contribution in [2.75, 3.05) is 19.7 Å². The number of piperidine rings is 1. The fourth-order valence-electron chi connectivity index (χ4n) is 4.79. The van der Waals surface area contributed by atoms with Gasteiger partial charge in [-0.3, -0.25) is 9.78 Å². The first-order valence-electron chi connectivity index (χ1n) is 11.6. The Morgan fingerprint density at radius 2 is 1.75 bits per heavy atom. The maximum Gasteiger partial charge on any atom is 0.251 e. The Morgan fingerprint density at radius 1 is 1.00 bits per heavy atom. The van der Waals surface area contributed by atoms with Gasteiger partial charge < -0.3 is 14.4 Å². The summed E-state index contributed by atoms with van der Waals surface area (Å²) in [7, 11) is 0. The van der Waals surface area contributed by atoms with Gasteiger partial charge in [-0.25, -0.2) is 0 Å². The lowest BCUT2D eigenvalue weighted by molar-refractivity contribution is -0.142. The Kier molecular flexibility index (Phi) is 5.83. The first kappa shape index (κ1) is 21.0. The SMILES string of the molecule is Cc1cnc(C)c2ccc(-c3ccc(OC4CCN(C(=O)[C@H]5CCCO5)CC4)cc3)cc12. The summed E-state index contributed by atoms with van der Waals surface area (Å²) < 4.78 is 11.8. The lowest BCUT2D eigenvalue weighted by Crippen LogP contribution is -2.45. The van der Waals surface area contributed by atoms with Crippen LogP contribution in [0.3, 0.4) is 0 Å². The van der Waals surface area contributed by atoms with Crippen LogP contribution in [0.4, 0.5) is 0 Å². The summed E-state index contributed by atoms with van der Waals surface area (Å²) in [6, 6.07) is 14.9. The van der Waals surface area contributed by atoms with Crippen LogP contribution in [0, 0.1) is 13.8 Å². The molecule has 5 heteroatoms. The molecule has 2 fully saturated rings. The molecular weight excluding hydrogens is 400 g/mol. The van der Waals surface area contributed by atoms with Gasteiger partial charge in [0.05, 0.1) is 0 Å². The molecule has 0 radical (unpaired) electrons. The highest BCUT2D eigenvalue weighted by atomic mass is 16.5. The molecule has 2 aliphatic rings. The number of carbonyl (C=O) groups is 1. The van der Waals surface area contributed by atoms with Gasteiger partial charge in [0.15, 0.2) is 0 Å². The number of pyridine rings is 1. The molecular formula is C27H30N2O3. The van der Waals surface area contributed by atoms with E-state index in [1.165, 1.54) is 27.5 Å². The van der Waals surface area contributed by atoms with E-state index < -0.39 is 0 Å². The lowest BCUT2D eigenvalue weighted by atomic mass is 9.99. The molecule has 0 unspecified atom stereocenters. The van der Waals surface area contributed by atoms with Gasteiger partial charge in [-0.1, -0.05) is 24.3 Å². The number of likely N-dealkylation sites (tertiary alicyclic amines) is 1. The quantitative estimate of drug-likeness (QED) is 0.580. The third-order valence-electron chi connectivity index (χ3n) is 6.74. The average Bonchev–Trinajstić information content (AvgIpc) is 3.37. The van der Waals surface area contributed by atoms with E-state index in [-0.39, 0.29) is 18.1 Å². The number of aryl methyl sites for hydroxylation is 2. The maximum absolute atomic E-state index is 12.5. The zero-order valence-electron chi connectivity index (χ0n) is 18.8. The Hall–Kier alpha value is -2.92. The second-order valence-corrected chi connectivity index (χ2v) is 8.96. The fraction of sp³-hybridized carbons (Fsp3) is 0.407. The van der Waals surface area contributed by atoms with Gasteiger partial charge in [-0.15, -0.1) is 0 Å². The highest BCUT2D eigenvalue weighted by Gasteiger charge is 2.31. The summed E-state index contributed by atoms with van der Waals surface area (Å²) >= 11 is 0. The first-order chi connectivity index (χ1) is 15.6. The highest BCUT2D eigenvalue weighted by Crippen LogP contribution is 2.29. The minimum absolute atomic E-state index is 0.146. The number of hydrogen-bond donors (Lipinski definition) is 0. The number of aromatic nitrogens is 1. The second kappa shape index (κ2) is 8.91. The fourth-order valence-corrected chi connectivity index (χ4v) is 4.79. The highest BCUT2D eigenvalue weighted by molar-refractivity contribution is 5.91. The standard InChI is InChI=1S/C27H30N2O3/c1-18-17-28-19(2)24-10-7-21(16-25(18)24)20-5-8-22(9-6-20)32-23-11-13-29(14-12-23)27(30)26-4-3-15-31-26/h5-10,16-17,23,26H,3-4,11-15H2,1-2H3/t26-/m1/s1.